The molecule has 0 saturated heterocycles. The first-order chi connectivity index (χ1) is 14.0. The average Bonchev–Trinajstić information content (AvgIpc) is 3.19. The van der Waals surface area contributed by atoms with Gasteiger partial charge in [0.2, 0.25) is 0 Å². The second kappa shape index (κ2) is 9.52. The van der Waals surface area contributed by atoms with Crippen LogP contribution in [0.25, 0.3) is 0 Å². The molecule has 0 spiro atoms. The monoisotopic (exact) mass is 407 g/mol. The number of aryl methyl sites for hydroxylation is 2. The van der Waals surface area contributed by atoms with Crippen molar-refractivity contribution in [3.8, 4) is 0 Å². The Morgan fingerprint density at radius 1 is 1.14 bits per heavy atom. The van der Waals surface area contributed by atoms with Crippen LogP contribution in [0.2, 0.25) is 0 Å². The molecule has 1 aromatic heterocycles. The van der Waals surface area contributed by atoms with E-state index < -0.39 is 5.97 Å². The van der Waals surface area contributed by atoms with E-state index in [1.54, 1.807) is 7.05 Å². The molecule has 1 unspecified atom stereocenters. The fourth-order valence-corrected chi connectivity index (χ4v) is 4.68. The second-order valence-electron chi connectivity index (χ2n) is 7.19. The van der Waals surface area contributed by atoms with Crippen LogP contribution in [-0.4, -0.2) is 24.4 Å². The lowest BCUT2D eigenvalue weighted by molar-refractivity contribution is 0.0696. The number of anilines is 1. The first-order valence-corrected chi connectivity index (χ1v) is 10.5. The molecule has 1 aliphatic carbocycles. The first-order valence-electron chi connectivity index (χ1n) is 9.64. The third kappa shape index (κ3) is 4.93. The Labute approximate surface area is 175 Å². The zero-order valence-corrected chi connectivity index (χ0v) is 17.5. The number of benzene rings is 2. The van der Waals surface area contributed by atoms with Crippen LogP contribution in [0.4, 0.5) is 5.00 Å². The molecule has 2 aromatic carbocycles. The maximum Gasteiger partial charge on any atom is 0.338 e. The summed E-state index contributed by atoms with van der Waals surface area (Å²) in [4.78, 5) is 21.6. The van der Waals surface area contributed by atoms with E-state index in [2.05, 4.69) is 29.6 Å². The minimum Gasteiger partial charge on any atom is -0.478 e. The van der Waals surface area contributed by atoms with Crippen molar-refractivity contribution in [1.82, 2.24) is 0 Å². The number of rotatable bonds is 4. The van der Waals surface area contributed by atoms with E-state index in [1.807, 2.05) is 36.6 Å². The minimum absolute atomic E-state index is 0.314. The molecule has 0 bridgehead atoms. The highest BCUT2D eigenvalue weighted by Crippen LogP contribution is 2.39. The number of hydrogen-bond acceptors (Lipinski definition) is 4. The molecule has 5 heteroatoms. The zero-order valence-electron chi connectivity index (χ0n) is 16.6. The lowest BCUT2D eigenvalue weighted by Crippen LogP contribution is -2.15. The molecular weight excluding hydrogens is 382 g/mol. The quantitative estimate of drug-likeness (QED) is 0.555. The normalized spacial score (nSPS) is 14.9. The molecule has 29 heavy (non-hydrogen) atoms. The molecule has 150 valence electrons. The standard InChI is InChI=1S/C16H17NO2S.C8H8O/c1-17-15-14(16(18)19)13(9-20-15)12-7-6-10-4-2-3-5-11(10)8-12;1-7-2-4-8(6-9)5-3-7/h2-5,9,12,17H,6-8H2,1H3,(H,18,19);2-6H,1H3. The lowest BCUT2D eigenvalue weighted by Gasteiger charge is -2.24. The number of carboxylic acid groups (broad SMARTS) is 1. The van der Waals surface area contributed by atoms with Gasteiger partial charge in [-0.1, -0.05) is 54.1 Å². The highest BCUT2D eigenvalue weighted by Gasteiger charge is 2.27. The van der Waals surface area contributed by atoms with Gasteiger partial charge in [0.25, 0.3) is 0 Å². The van der Waals surface area contributed by atoms with Gasteiger partial charge in [-0.3, -0.25) is 4.79 Å². The Morgan fingerprint density at radius 2 is 1.83 bits per heavy atom. The molecule has 1 atom stereocenters. The lowest BCUT2D eigenvalue weighted by atomic mass is 9.80. The van der Waals surface area contributed by atoms with E-state index in [4.69, 9.17) is 0 Å². The van der Waals surface area contributed by atoms with E-state index in [-0.39, 0.29) is 0 Å². The van der Waals surface area contributed by atoms with Crippen LogP contribution in [0.1, 0.15) is 55.3 Å². The Morgan fingerprint density at radius 3 is 2.45 bits per heavy atom. The van der Waals surface area contributed by atoms with Crippen molar-refractivity contribution < 1.29 is 14.7 Å². The van der Waals surface area contributed by atoms with Crippen molar-refractivity contribution in [2.45, 2.75) is 32.1 Å². The Hall–Kier alpha value is -2.92. The number of fused-ring (bicyclic) bond motifs is 1. The summed E-state index contributed by atoms with van der Waals surface area (Å²) in [5, 5.41) is 15.2. The summed E-state index contributed by atoms with van der Waals surface area (Å²) in [6.07, 6.45) is 3.84. The fourth-order valence-electron chi connectivity index (χ4n) is 3.68. The Balaban J connectivity index is 0.000000224. The van der Waals surface area contributed by atoms with Crippen molar-refractivity contribution in [2.24, 2.45) is 0 Å². The van der Waals surface area contributed by atoms with E-state index in [9.17, 15) is 14.7 Å². The average molecular weight is 408 g/mol. The Bertz CT molecular complexity index is 992. The second-order valence-corrected chi connectivity index (χ2v) is 8.07. The van der Waals surface area contributed by atoms with E-state index in [0.29, 0.717) is 11.5 Å². The molecular formula is C24H25NO3S. The maximum atomic E-state index is 11.5. The predicted octanol–water partition coefficient (Wildman–Crippen LogP) is 5.57. The number of thiophene rings is 1. The maximum absolute atomic E-state index is 11.5. The number of hydrogen-bond donors (Lipinski definition) is 2. The number of carbonyl (C=O) groups is 2. The van der Waals surface area contributed by atoms with Crippen molar-refractivity contribution in [1.29, 1.82) is 0 Å². The summed E-state index contributed by atoms with van der Waals surface area (Å²) in [5.74, 6) is -0.515. The zero-order chi connectivity index (χ0) is 20.8. The van der Waals surface area contributed by atoms with Crippen molar-refractivity contribution in [3.63, 3.8) is 0 Å². The summed E-state index contributed by atoms with van der Waals surface area (Å²) in [7, 11) is 1.78. The Kier molecular flexibility index (Phi) is 6.83. The number of aromatic carboxylic acids is 1. The molecule has 4 nitrogen and oxygen atoms in total. The fraction of sp³-hybridized carbons (Fsp3) is 0.250. The molecule has 0 aliphatic heterocycles. The summed E-state index contributed by atoms with van der Waals surface area (Å²) >= 11 is 1.49. The third-order valence-corrected chi connectivity index (χ3v) is 6.28. The number of aldehydes is 1. The summed E-state index contributed by atoms with van der Waals surface area (Å²) in [6, 6.07) is 15.9. The molecule has 0 amide bonds. The van der Waals surface area contributed by atoms with Gasteiger partial charge in [0.1, 0.15) is 11.3 Å². The van der Waals surface area contributed by atoms with E-state index >= 15 is 0 Å². The molecule has 1 heterocycles. The van der Waals surface area contributed by atoms with Gasteiger partial charge in [0.05, 0.1) is 5.56 Å². The van der Waals surface area contributed by atoms with Gasteiger partial charge in [-0.05, 0) is 54.2 Å². The SMILES string of the molecule is CNc1scc(C2CCc3ccccc3C2)c1C(=O)O.Cc1ccc(C=O)cc1. The molecule has 0 saturated carbocycles. The first kappa shape index (κ1) is 20.8. The van der Waals surface area contributed by atoms with Crippen molar-refractivity contribution in [2.75, 3.05) is 12.4 Å². The highest BCUT2D eigenvalue weighted by atomic mass is 32.1. The molecule has 0 fully saturated rings. The van der Waals surface area contributed by atoms with E-state index in [1.165, 1.54) is 28.0 Å². The van der Waals surface area contributed by atoms with Crippen LogP contribution in [0.15, 0.2) is 53.9 Å². The number of carbonyl (C=O) groups excluding carboxylic acids is 1. The van der Waals surface area contributed by atoms with E-state index in [0.717, 1.165) is 41.7 Å². The molecule has 2 N–H and O–H groups in total. The largest absolute Gasteiger partial charge is 0.478 e. The molecule has 3 aromatic rings. The molecule has 0 radical (unpaired) electrons. The highest BCUT2D eigenvalue weighted by molar-refractivity contribution is 7.14. The van der Waals surface area contributed by atoms with Crippen LogP contribution in [0.3, 0.4) is 0 Å². The molecule has 1 aliphatic rings. The van der Waals surface area contributed by atoms with Gasteiger partial charge in [0.15, 0.2) is 0 Å². The van der Waals surface area contributed by atoms with Gasteiger partial charge in [-0.15, -0.1) is 11.3 Å². The number of nitrogens with one attached hydrogen (secondary N) is 1. The number of carboxylic acids is 1. The summed E-state index contributed by atoms with van der Waals surface area (Å²) in [6.45, 7) is 1.99. The summed E-state index contributed by atoms with van der Waals surface area (Å²) in [5.41, 5.74) is 6.13. The topological polar surface area (TPSA) is 66.4 Å². The van der Waals surface area contributed by atoms with Crippen molar-refractivity contribution in [3.05, 3.63) is 87.3 Å². The van der Waals surface area contributed by atoms with Crippen LogP contribution in [-0.2, 0) is 12.8 Å². The minimum atomic E-state index is -0.829. The van der Waals surface area contributed by atoms with Gasteiger partial charge in [-0.2, -0.15) is 0 Å². The summed E-state index contributed by atoms with van der Waals surface area (Å²) < 4.78 is 0. The van der Waals surface area contributed by atoms with Crippen LogP contribution >= 0.6 is 11.3 Å². The van der Waals surface area contributed by atoms with Gasteiger partial charge < -0.3 is 10.4 Å². The van der Waals surface area contributed by atoms with Gasteiger partial charge in [-0.25, -0.2) is 4.79 Å². The predicted molar refractivity (Wildman–Crippen MR) is 119 cm³/mol. The van der Waals surface area contributed by atoms with Gasteiger partial charge in [0, 0.05) is 12.6 Å². The van der Waals surface area contributed by atoms with Crippen LogP contribution in [0.5, 0.6) is 0 Å². The molecule has 4 rings (SSSR count). The van der Waals surface area contributed by atoms with Crippen LogP contribution in [0, 0.1) is 6.92 Å². The van der Waals surface area contributed by atoms with Crippen LogP contribution < -0.4 is 5.32 Å². The van der Waals surface area contributed by atoms with Crippen molar-refractivity contribution >= 4 is 28.6 Å². The third-order valence-electron chi connectivity index (χ3n) is 5.26. The van der Waals surface area contributed by atoms with Gasteiger partial charge >= 0.3 is 5.97 Å². The smallest absolute Gasteiger partial charge is 0.338 e.